The van der Waals surface area contributed by atoms with Gasteiger partial charge >= 0.3 is 0 Å². The van der Waals surface area contributed by atoms with E-state index in [0.29, 0.717) is 28.9 Å². The molecule has 1 saturated heterocycles. The van der Waals surface area contributed by atoms with Crippen LogP contribution in [0.2, 0.25) is 0 Å². The second kappa shape index (κ2) is 8.92. The minimum absolute atomic E-state index is 0.0302. The highest BCUT2D eigenvalue weighted by Gasteiger charge is 2.19. The zero-order chi connectivity index (χ0) is 21.1. The molecule has 5 nitrogen and oxygen atoms in total. The fourth-order valence-electron chi connectivity index (χ4n) is 4.20. The lowest BCUT2D eigenvalue weighted by Gasteiger charge is -2.27. The van der Waals surface area contributed by atoms with Crippen LogP contribution in [0, 0.1) is 12.8 Å². The van der Waals surface area contributed by atoms with E-state index in [9.17, 15) is 4.79 Å². The number of ether oxygens (including phenoxy) is 2. The molecule has 0 bridgehead atoms. The van der Waals surface area contributed by atoms with Crippen LogP contribution < -0.4 is 19.8 Å². The summed E-state index contributed by atoms with van der Waals surface area (Å²) < 4.78 is 17.2. The van der Waals surface area contributed by atoms with E-state index >= 15 is 0 Å². The molecule has 0 radical (unpaired) electrons. The first-order chi connectivity index (χ1) is 14.5. The van der Waals surface area contributed by atoms with Crippen LogP contribution in [0.5, 0.6) is 11.5 Å². The van der Waals surface area contributed by atoms with Gasteiger partial charge in [-0.1, -0.05) is 19.1 Å². The van der Waals surface area contributed by atoms with E-state index in [-0.39, 0.29) is 5.43 Å². The molecule has 1 aromatic heterocycles. The molecule has 1 aliphatic heterocycles. The molecule has 0 amide bonds. The molecule has 3 aromatic rings. The molecule has 0 aliphatic carbocycles. The Morgan fingerprint density at radius 1 is 1.07 bits per heavy atom. The van der Waals surface area contributed by atoms with Gasteiger partial charge in [0.2, 0.25) is 5.43 Å². The SMILES string of the molecule is COc1ccc(-c2c(C)oc3cc(OCC[NH+]4CCC(C)CC4)ccc3c2=O)cc1. The predicted octanol–water partition coefficient (Wildman–Crippen LogP) is 3.47. The summed E-state index contributed by atoms with van der Waals surface area (Å²) in [5.41, 5.74) is 1.94. The first kappa shape index (κ1) is 20.5. The topological polar surface area (TPSA) is 53.1 Å². The normalized spacial score (nSPS) is 19.0. The van der Waals surface area contributed by atoms with Gasteiger partial charge in [0.15, 0.2) is 0 Å². The minimum atomic E-state index is -0.0302. The molecule has 2 heterocycles. The van der Waals surface area contributed by atoms with Crippen LogP contribution in [0.3, 0.4) is 0 Å². The molecule has 4 rings (SSSR count). The van der Waals surface area contributed by atoms with Crippen molar-refractivity contribution < 1.29 is 18.8 Å². The van der Waals surface area contributed by atoms with Gasteiger partial charge in [0.05, 0.1) is 31.1 Å². The van der Waals surface area contributed by atoms with Crippen molar-refractivity contribution in [2.24, 2.45) is 5.92 Å². The number of aryl methyl sites for hydroxylation is 1. The van der Waals surface area contributed by atoms with Gasteiger partial charge in [-0.3, -0.25) is 4.79 Å². The Bertz CT molecular complexity index is 1060. The Morgan fingerprint density at radius 3 is 2.47 bits per heavy atom. The standard InChI is InChI=1S/C25H29NO4/c1-17-10-12-26(13-11-17)14-15-29-21-8-9-22-23(16-21)30-18(2)24(25(22)27)19-4-6-20(28-3)7-5-19/h4-9,16-17H,10-15H2,1-3H3/p+1. The summed E-state index contributed by atoms with van der Waals surface area (Å²) in [6.45, 7) is 8.29. The van der Waals surface area contributed by atoms with E-state index < -0.39 is 0 Å². The highest BCUT2D eigenvalue weighted by atomic mass is 16.5. The molecule has 1 fully saturated rings. The number of rotatable bonds is 6. The van der Waals surface area contributed by atoms with Crippen molar-refractivity contribution in [2.75, 3.05) is 33.4 Å². The Morgan fingerprint density at radius 2 is 1.77 bits per heavy atom. The van der Waals surface area contributed by atoms with Gasteiger partial charge in [-0.15, -0.1) is 0 Å². The van der Waals surface area contributed by atoms with Gasteiger partial charge in [-0.2, -0.15) is 0 Å². The molecular weight excluding hydrogens is 378 g/mol. The van der Waals surface area contributed by atoms with Crippen molar-refractivity contribution in [3.63, 3.8) is 0 Å². The van der Waals surface area contributed by atoms with Crippen LogP contribution in [0.15, 0.2) is 51.7 Å². The van der Waals surface area contributed by atoms with E-state index in [1.807, 2.05) is 43.3 Å². The molecule has 158 valence electrons. The molecule has 0 unspecified atom stereocenters. The molecule has 0 atom stereocenters. The van der Waals surface area contributed by atoms with Gasteiger partial charge < -0.3 is 18.8 Å². The number of hydrogen-bond acceptors (Lipinski definition) is 4. The van der Waals surface area contributed by atoms with E-state index in [0.717, 1.165) is 29.5 Å². The van der Waals surface area contributed by atoms with Gasteiger partial charge in [0, 0.05) is 6.07 Å². The fraction of sp³-hybridized carbons (Fsp3) is 0.400. The lowest BCUT2D eigenvalue weighted by atomic mass is 9.99. The molecule has 1 N–H and O–H groups in total. The van der Waals surface area contributed by atoms with Crippen molar-refractivity contribution in [2.45, 2.75) is 26.7 Å². The smallest absolute Gasteiger partial charge is 0.200 e. The van der Waals surface area contributed by atoms with Crippen molar-refractivity contribution in [1.82, 2.24) is 0 Å². The summed E-state index contributed by atoms with van der Waals surface area (Å²) in [5.74, 6) is 2.95. The Balaban J connectivity index is 1.51. The Kier molecular flexibility index (Phi) is 6.09. The quantitative estimate of drug-likeness (QED) is 0.679. The molecular formula is C25H30NO4+. The summed E-state index contributed by atoms with van der Waals surface area (Å²) >= 11 is 0. The maximum absolute atomic E-state index is 13.1. The monoisotopic (exact) mass is 408 g/mol. The van der Waals surface area contributed by atoms with Crippen LogP contribution in [0.25, 0.3) is 22.1 Å². The van der Waals surface area contributed by atoms with Crippen molar-refractivity contribution >= 4 is 11.0 Å². The van der Waals surface area contributed by atoms with Crippen LogP contribution in [0.1, 0.15) is 25.5 Å². The number of hydrogen-bond donors (Lipinski definition) is 1. The lowest BCUT2D eigenvalue weighted by molar-refractivity contribution is -0.906. The number of nitrogens with one attached hydrogen (secondary N) is 1. The van der Waals surface area contributed by atoms with Crippen LogP contribution >= 0.6 is 0 Å². The first-order valence-electron chi connectivity index (χ1n) is 10.7. The number of benzene rings is 2. The molecule has 0 saturated carbocycles. The number of quaternary nitrogens is 1. The van der Waals surface area contributed by atoms with E-state index in [4.69, 9.17) is 13.9 Å². The van der Waals surface area contributed by atoms with Crippen molar-refractivity contribution in [3.05, 3.63) is 58.4 Å². The highest BCUT2D eigenvalue weighted by molar-refractivity contribution is 5.83. The van der Waals surface area contributed by atoms with Crippen molar-refractivity contribution in [1.29, 1.82) is 0 Å². The summed E-state index contributed by atoms with van der Waals surface area (Å²) in [6.07, 6.45) is 2.60. The summed E-state index contributed by atoms with van der Waals surface area (Å²) in [6, 6.07) is 12.9. The Hall–Kier alpha value is -2.79. The fourth-order valence-corrected chi connectivity index (χ4v) is 4.20. The van der Waals surface area contributed by atoms with Crippen LogP contribution in [-0.2, 0) is 0 Å². The molecule has 30 heavy (non-hydrogen) atoms. The minimum Gasteiger partial charge on any atom is -0.497 e. The number of methoxy groups -OCH3 is 1. The van der Waals surface area contributed by atoms with E-state index in [1.54, 1.807) is 18.1 Å². The zero-order valence-corrected chi connectivity index (χ0v) is 18.0. The van der Waals surface area contributed by atoms with Gasteiger partial charge in [-0.05, 0) is 55.5 Å². The van der Waals surface area contributed by atoms with Crippen LogP contribution in [0.4, 0.5) is 0 Å². The molecule has 2 aromatic carbocycles. The third kappa shape index (κ3) is 4.36. The maximum atomic E-state index is 13.1. The second-order valence-electron chi connectivity index (χ2n) is 8.28. The molecule has 1 aliphatic rings. The van der Waals surface area contributed by atoms with Gasteiger partial charge in [0.25, 0.3) is 0 Å². The van der Waals surface area contributed by atoms with E-state index in [1.165, 1.54) is 25.9 Å². The van der Waals surface area contributed by atoms with E-state index in [2.05, 4.69) is 6.92 Å². The number of piperidine rings is 1. The average Bonchev–Trinajstić information content (AvgIpc) is 2.75. The average molecular weight is 409 g/mol. The molecule has 5 heteroatoms. The molecule has 0 spiro atoms. The zero-order valence-electron chi connectivity index (χ0n) is 18.0. The van der Waals surface area contributed by atoms with Gasteiger partial charge in [-0.25, -0.2) is 0 Å². The lowest BCUT2D eigenvalue weighted by Crippen LogP contribution is -3.13. The predicted molar refractivity (Wildman–Crippen MR) is 119 cm³/mol. The van der Waals surface area contributed by atoms with Crippen LogP contribution in [-0.4, -0.2) is 33.4 Å². The second-order valence-corrected chi connectivity index (χ2v) is 8.28. The van der Waals surface area contributed by atoms with Gasteiger partial charge in [0.1, 0.15) is 36.0 Å². The third-order valence-electron chi connectivity index (χ3n) is 6.12. The van der Waals surface area contributed by atoms with Crippen molar-refractivity contribution in [3.8, 4) is 22.6 Å². The number of likely N-dealkylation sites (tertiary alicyclic amines) is 1. The Labute approximate surface area is 177 Å². The summed E-state index contributed by atoms with van der Waals surface area (Å²) in [5, 5.41) is 0.564. The number of fused-ring (bicyclic) bond motifs is 1. The highest BCUT2D eigenvalue weighted by Crippen LogP contribution is 2.27. The summed E-state index contributed by atoms with van der Waals surface area (Å²) in [7, 11) is 1.62. The summed E-state index contributed by atoms with van der Waals surface area (Å²) in [4.78, 5) is 14.7. The maximum Gasteiger partial charge on any atom is 0.200 e. The third-order valence-corrected chi connectivity index (χ3v) is 6.12. The first-order valence-corrected chi connectivity index (χ1v) is 10.7. The largest absolute Gasteiger partial charge is 0.497 e.